The largest absolute Gasteiger partial charge is 0.480 e. The van der Waals surface area contributed by atoms with Gasteiger partial charge in [-0.1, -0.05) is 72.8 Å². The van der Waals surface area contributed by atoms with Gasteiger partial charge in [0.25, 0.3) is 0 Å². The number of aliphatic carboxylic acids is 1. The van der Waals surface area contributed by atoms with E-state index in [0.717, 1.165) is 27.8 Å². The number of carbonyl (C=O) groups is 2. The molecule has 0 saturated carbocycles. The summed E-state index contributed by atoms with van der Waals surface area (Å²) in [6.07, 6.45) is -0.684. The molecule has 1 atom stereocenters. The van der Waals surface area contributed by atoms with E-state index in [2.05, 4.69) is 37.8 Å². The molecule has 180 valence electrons. The molecule has 0 bridgehead atoms. The summed E-state index contributed by atoms with van der Waals surface area (Å²) in [5.74, 6) is -0.410. The molecule has 9 nitrogen and oxygen atoms in total. The van der Waals surface area contributed by atoms with Gasteiger partial charge in [-0.15, -0.1) is 20.4 Å². The molecule has 9 heteroatoms. The molecular formula is C27H23N5O4. The molecule has 3 aromatic carbocycles. The van der Waals surface area contributed by atoms with E-state index in [4.69, 9.17) is 4.74 Å². The van der Waals surface area contributed by atoms with E-state index in [-0.39, 0.29) is 18.9 Å². The van der Waals surface area contributed by atoms with Crippen molar-refractivity contribution in [3.8, 4) is 22.5 Å². The first-order valence-corrected chi connectivity index (χ1v) is 11.5. The van der Waals surface area contributed by atoms with Crippen LogP contribution in [0.2, 0.25) is 0 Å². The van der Waals surface area contributed by atoms with E-state index in [1.165, 1.54) is 0 Å². The van der Waals surface area contributed by atoms with E-state index in [9.17, 15) is 14.7 Å². The van der Waals surface area contributed by atoms with Crippen LogP contribution in [-0.2, 0) is 16.0 Å². The fourth-order valence-corrected chi connectivity index (χ4v) is 4.40. The monoisotopic (exact) mass is 481 g/mol. The Labute approximate surface area is 207 Å². The van der Waals surface area contributed by atoms with Crippen molar-refractivity contribution >= 4 is 12.1 Å². The molecule has 36 heavy (non-hydrogen) atoms. The highest BCUT2D eigenvalue weighted by atomic mass is 16.5. The molecule has 0 saturated heterocycles. The first kappa shape index (κ1) is 23.1. The van der Waals surface area contributed by atoms with Crippen LogP contribution in [0.1, 0.15) is 28.4 Å². The number of benzene rings is 3. The van der Waals surface area contributed by atoms with Gasteiger partial charge in [-0.3, -0.25) is 0 Å². The Balaban J connectivity index is 1.22. The average Bonchev–Trinajstić information content (AvgIpc) is 3.22. The minimum Gasteiger partial charge on any atom is -0.480 e. The van der Waals surface area contributed by atoms with Gasteiger partial charge in [-0.2, -0.15) is 0 Å². The lowest BCUT2D eigenvalue weighted by atomic mass is 9.98. The van der Waals surface area contributed by atoms with Gasteiger partial charge in [0.1, 0.15) is 12.6 Å². The van der Waals surface area contributed by atoms with Crippen molar-refractivity contribution in [2.24, 2.45) is 0 Å². The van der Waals surface area contributed by atoms with Gasteiger partial charge in [0, 0.05) is 17.9 Å². The SMILES string of the molecule is Cc1nnc(-c2ccc(CC(NC(=O)OCC3c4ccccc4-c4ccccc43)C(=O)O)cc2)nn1. The molecular weight excluding hydrogens is 458 g/mol. The molecule has 0 radical (unpaired) electrons. The third-order valence-electron chi connectivity index (χ3n) is 6.16. The summed E-state index contributed by atoms with van der Waals surface area (Å²) in [4.78, 5) is 24.4. The molecule has 5 rings (SSSR count). The number of hydrogen-bond acceptors (Lipinski definition) is 7. The number of rotatable bonds is 7. The Morgan fingerprint density at radius 1 is 0.889 bits per heavy atom. The minimum absolute atomic E-state index is 0.0884. The zero-order valence-electron chi connectivity index (χ0n) is 19.5. The minimum atomic E-state index is -1.15. The number of fused-ring (bicyclic) bond motifs is 3. The number of carboxylic acid groups (broad SMARTS) is 1. The van der Waals surface area contributed by atoms with Crippen molar-refractivity contribution in [2.75, 3.05) is 6.61 Å². The highest BCUT2D eigenvalue weighted by Gasteiger charge is 2.29. The van der Waals surface area contributed by atoms with Crippen LogP contribution in [-0.4, -0.2) is 50.2 Å². The van der Waals surface area contributed by atoms with Crippen molar-refractivity contribution in [1.82, 2.24) is 25.7 Å². The van der Waals surface area contributed by atoms with Crippen molar-refractivity contribution in [1.29, 1.82) is 0 Å². The fraction of sp³-hybridized carbons (Fsp3) is 0.185. The molecule has 1 heterocycles. The highest BCUT2D eigenvalue weighted by Crippen LogP contribution is 2.44. The third-order valence-corrected chi connectivity index (χ3v) is 6.16. The Hall–Kier alpha value is -4.66. The predicted octanol–water partition coefficient (Wildman–Crippen LogP) is 3.78. The van der Waals surface area contributed by atoms with Crippen LogP contribution < -0.4 is 5.32 Å². The number of carboxylic acids is 1. The normalized spacial score (nSPS) is 12.9. The number of aryl methyl sites for hydroxylation is 1. The maximum absolute atomic E-state index is 12.6. The number of nitrogens with one attached hydrogen (secondary N) is 1. The van der Waals surface area contributed by atoms with E-state index in [1.54, 1.807) is 31.2 Å². The van der Waals surface area contributed by atoms with Gasteiger partial charge in [0.05, 0.1) is 0 Å². The highest BCUT2D eigenvalue weighted by molar-refractivity contribution is 5.81. The molecule has 4 aromatic rings. The molecule has 0 fully saturated rings. The van der Waals surface area contributed by atoms with Crippen LogP contribution in [0.4, 0.5) is 4.79 Å². The van der Waals surface area contributed by atoms with Gasteiger partial charge in [0.15, 0.2) is 5.82 Å². The number of nitrogens with zero attached hydrogens (tertiary/aromatic N) is 4. The lowest BCUT2D eigenvalue weighted by Gasteiger charge is -2.17. The van der Waals surface area contributed by atoms with Crippen LogP contribution in [0.3, 0.4) is 0 Å². The van der Waals surface area contributed by atoms with Crippen molar-refractivity contribution < 1.29 is 19.4 Å². The molecule has 1 aliphatic rings. The molecule has 1 aromatic heterocycles. The van der Waals surface area contributed by atoms with E-state index in [1.807, 2.05) is 36.4 Å². The lowest BCUT2D eigenvalue weighted by Crippen LogP contribution is -2.42. The number of hydrogen-bond donors (Lipinski definition) is 2. The quantitative estimate of drug-likeness (QED) is 0.408. The fourth-order valence-electron chi connectivity index (χ4n) is 4.40. The van der Waals surface area contributed by atoms with Gasteiger partial charge >= 0.3 is 12.1 Å². The summed E-state index contributed by atoms with van der Waals surface area (Å²) < 4.78 is 5.50. The second kappa shape index (κ2) is 9.91. The number of alkyl carbamates (subject to hydrolysis) is 1. The van der Waals surface area contributed by atoms with E-state index < -0.39 is 18.1 Å². The van der Waals surface area contributed by atoms with E-state index in [0.29, 0.717) is 17.2 Å². The van der Waals surface area contributed by atoms with Crippen molar-refractivity contribution in [2.45, 2.75) is 25.3 Å². The smallest absolute Gasteiger partial charge is 0.407 e. The summed E-state index contributed by atoms with van der Waals surface area (Å²) in [5.41, 5.74) is 5.84. The molecule has 1 aliphatic carbocycles. The Morgan fingerprint density at radius 3 is 2.06 bits per heavy atom. The second-order valence-corrected chi connectivity index (χ2v) is 8.53. The molecule has 1 amide bonds. The topological polar surface area (TPSA) is 127 Å². The Bertz CT molecular complexity index is 1360. The van der Waals surface area contributed by atoms with E-state index >= 15 is 0 Å². The number of aromatic nitrogens is 4. The van der Waals surface area contributed by atoms with Crippen molar-refractivity contribution in [3.05, 3.63) is 95.3 Å². The second-order valence-electron chi connectivity index (χ2n) is 8.53. The molecule has 2 N–H and O–H groups in total. The van der Waals surface area contributed by atoms with Crippen molar-refractivity contribution in [3.63, 3.8) is 0 Å². The zero-order valence-corrected chi connectivity index (χ0v) is 19.5. The van der Waals surface area contributed by atoms with Crippen LogP contribution in [0.5, 0.6) is 0 Å². The number of ether oxygens (including phenoxy) is 1. The molecule has 0 spiro atoms. The lowest BCUT2D eigenvalue weighted by molar-refractivity contribution is -0.139. The standard InChI is InChI=1S/C27H23N5O4/c1-16-29-31-25(32-30-16)18-12-10-17(11-13-18)14-24(26(33)34)28-27(35)36-15-23-21-8-4-2-6-19(21)20-7-3-5-9-22(20)23/h2-13,23-24H,14-15H2,1H3,(H,28,35)(H,33,34). The number of amides is 1. The zero-order chi connectivity index (χ0) is 25.1. The Morgan fingerprint density at radius 2 is 1.47 bits per heavy atom. The summed E-state index contributed by atoms with van der Waals surface area (Å²) >= 11 is 0. The van der Waals surface area contributed by atoms with Gasteiger partial charge in [0.2, 0.25) is 5.82 Å². The van der Waals surface area contributed by atoms with Crippen LogP contribution in [0.25, 0.3) is 22.5 Å². The maximum atomic E-state index is 12.6. The third kappa shape index (κ3) is 4.76. The summed E-state index contributed by atoms with van der Waals surface area (Å²) in [6, 6.07) is 21.9. The predicted molar refractivity (Wildman–Crippen MR) is 131 cm³/mol. The summed E-state index contributed by atoms with van der Waals surface area (Å²) in [6.45, 7) is 1.81. The van der Waals surface area contributed by atoms with Crippen LogP contribution in [0.15, 0.2) is 72.8 Å². The average molecular weight is 482 g/mol. The Kier molecular flexibility index (Phi) is 6.36. The summed E-state index contributed by atoms with van der Waals surface area (Å²) in [7, 11) is 0. The summed E-state index contributed by atoms with van der Waals surface area (Å²) in [5, 5.41) is 27.9. The van der Waals surface area contributed by atoms with Crippen LogP contribution >= 0.6 is 0 Å². The van der Waals surface area contributed by atoms with Crippen LogP contribution in [0, 0.1) is 6.92 Å². The van der Waals surface area contributed by atoms with Gasteiger partial charge < -0.3 is 15.2 Å². The van der Waals surface area contributed by atoms with Gasteiger partial charge in [-0.25, -0.2) is 9.59 Å². The number of carbonyl (C=O) groups excluding carboxylic acids is 1. The molecule has 1 unspecified atom stereocenters. The molecule has 0 aliphatic heterocycles. The first-order valence-electron chi connectivity index (χ1n) is 11.5. The van der Waals surface area contributed by atoms with Gasteiger partial charge in [-0.05, 0) is 34.7 Å². The maximum Gasteiger partial charge on any atom is 0.407 e. The first-order chi connectivity index (χ1) is 17.5.